The zero-order valence-electron chi connectivity index (χ0n) is 20.1. The van der Waals surface area contributed by atoms with E-state index in [2.05, 4.69) is 10.6 Å². The molecule has 3 rings (SSSR count). The second-order valence-electron chi connectivity index (χ2n) is 8.20. The number of carbonyl (C=O) groups excluding carboxylic acids is 2. The van der Waals surface area contributed by atoms with Crippen molar-refractivity contribution < 1.29 is 19.1 Å². The first-order valence-corrected chi connectivity index (χ1v) is 13.1. The molecule has 0 bridgehead atoms. The highest BCUT2D eigenvalue weighted by Crippen LogP contribution is 2.29. The van der Waals surface area contributed by atoms with E-state index in [-0.39, 0.29) is 24.7 Å². The highest BCUT2D eigenvalue weighted by Gasteiger charge is 2.11. The number of benzene rings is 3. The van der Waals surface area contributed by atoms with E-state index in [0.717, 1.165) is 5.56 Å². The molecule has 0 saturated carbocycles. The Morgan fingerprint density at radius 1 is 0.676 bits per heavy atom. The number of amides is 2. The Labute approximate surface area is 236 Å². The van der Waals surface area contributed by atoms with Crippen molar-refractivity contribution in [2.45, 2.75) is 32.6 Å². The topological polar surface area (TPSA) is 76.7 Å². The summed E-state index contributed by atoms with van der Waals surface area (Å²) >= 11 is 23.9. The minimum absolute atomic E-state index is 0.194. The number of hydrogen-bond acceptors (Lipinski definition) is 4. The van der Waals surface area contributed by atoms with Crippen molar-refractivity contribution in [1.29, 1.82) is 0 Å². The quantitative estimate of drug-likeness (QED) is 0.211. The molecule has 3 aromatic rings. The van der Waals surface area contributed by atoms with Gasteiger partial charge < -0.3 is 20.1 Å². The highest BCUT2D eigenvalue weighted by atomic mass is 35.5. The van der Waals surface area contributed by atoms with Crippen molar-refractivity contribution in [3.63, 3.8) is 0 Å². The van der Waals surface area contributed by atoms with Crippen LogP contribution in [0.2, 0.25) is 20.1 Å². The van der Waals surface area contributed by atoms with E-state index in [9.17, 15) is 9.59 Å². The summed E-state index contributed by atoms with van der Waals surface area (Å²) < 4.78 is 11.2. The molecule has 2 amide bonds. The van der Waals surface area contributed by atoms with Gasteiger partial charge in [-0.25, -0.2) is 0 Å². The van der Waals surface area contributed by atoms with Crippen LogP contribution in [0.25, 0.3) is 0 Å². The molecule has 2 N–H and O–H groups in total. The first-order valence-electron chi connectivity index (χ1n) is 11.6. The second-order valence-corrected chi connectivity index (χ2v) is 9.89. The van der Waals surface area contributed by atoms with Gasteiger partial charge in [-0.2, -0.15) is 0 Å². The molecule has 0 heterocycles. The lowest BCUT2D eigenvalue weighted by atomic mass is 10.1. The van der Waals surface area contributed by atoms with Crippen molar-refractivity contribution >= 4 is 69.6 Å². The minimum atomic E-state index is -0.196. The largest absolute Gasteiger partial charge is 0.492 e. The zero-order chi connectivity index (χ0) is 26.8. The maximum atomic E-state index is 12.5. The maximum absolute atomic E-state index is 12.5. The van der Waals surface area contributed by atoms with Gasteiger partial charge in [-0.05, 0) is 73.9 Å². The average Bonchev–Trinajstić information content (AvgIpc) is 2.83. The molecule has 196 valence electrons. The Hall–Kier alpha value is -2.64. The lowest BCUT2D eigenvalue weighted by molar-refractivity contribution is -0.117. The fraction of sp³-hybridized carbons (Fsp3) is 0.259. The van der Waals surface area contributed by atoms with Crippen LogP contribution < -0.4 is 20.1 Å². The molecule has 3 aromatic carbocycles. The Bertz CT molecular complexity index is 1250. The number of nitrogens with one attached hydrogen (secondary N) is 2. The van der Waals surface area contributed by atoms with Crippen molar-refractivity contribution in [3.05, 3.63) is 80.3 Å². The fourth-order valence-electron chi connectivity index (χ4n) is 3.31. The van der Waals surface area contributed by atoms with Crippen molar-refractivity contribution in [2.24, 2.45) is 0 Å². The maximum Gasteiger partial charge on any atom is 0.224 e. The summed E-state index contributed by atoms with van der Waals surface area (Å²) in [6.45, 7) is 2.54. The molecule has 0 aliphatic carbocycles. The summed E-state index contributed by atoms with van der Waals surface area (Å²) in [5.74, 6) is 0.632. The van der Waals surface area contributed by atoms with E-state index in [1.165, 1.54) is 0 Å². The molecular formula is C27H26Cl4N2O4. The lowest BCUT2D eigenvalue weighted by Crippen LogP contribution is -2.17. The van der Waals surface area contributed by atoms with E-state index in [1.807, 2.05) is 19.1 Å². The van der Waals surface area contributed by atoms with E-state index in [4.69, 9.17) is 55.9 Å². The van der Waals surface area contributed by atoms with Crippen molar-refractivity contribution in [3.8, 4) is 11.5 Å². The first kappa shape index (κ1) is 28.9. The van der Waals surface area contributed by atoms with Gasteiger partial charge in [0.05, 0.1) is 34.6 Å². The molecule has 0 aromatic heterocycles. The third-order valence-electron chi connectivity index (χ3n) is 5.12. The van der Waals surface area contributed by atoms with Gasteiger partial charge in [-0.15, -0.1) is 0 Å². The first-order chi connectivity index (χ1) is 17.7. The van der Waals surface area contributed by atoms with Crippen molar-refractivity contribution in [1.82, 2.24) is 0 Å². The van der Waals surface area contributed by atoms with Gasteiger partial charge in [0.2, 0.25) is 11.8 Å². The lowest BCUT2D eigenvalue weighted by Gasteiger charge is -2.14. The van der Waals surface area contributed by atoms with E-state index in [0.29, 0.717) is 69.0 Å². The number of anilines is 2. The number of hydrogen-bond donors (Lipinski definition) is 2. The normalized spacial score (nSPS) is 10.6. The van der Waals surface area contributed by atoms with Crippen LogP contribution in [0.3, 0.4) is 0 Å². The number of aryl methyl sites for hydroxylation is 1. The second kappa shape index (κ2) is 14.3. The van der Waals surface area contributed by atoms with Crippen LogP contribution in [-0.4, -0.2) is 25.0 Å². The third-order valence-corrected chi connectivity index (χ3v) is 6.18. The monoisotopic (exact) mass is 582 g/mol. The SMILES string of the molecule is Cc1ccc(NC(=O)CCCOc2ccc(Cl)cc2Cl)c(NC(=O)CCCOc2ccc(Cl)cc2Cl)c1. The summed E-state index contributed by atoms with van der Waals surface area (Å²) in [4.78, 5) is 25.0. The Morgan fingerprint density at radius 2 is 1.16 bits per heavy atom. The van der Waals surface area contributed by atoms with Crippen molar-refractivity contribution in [2.75, 3.05) is 23.8 Å². The Kier molecular flexibility index (Phi) is 11.2. The smallest absolute Gasteiger partial charge is 0.224 e. The van der Waals surface area contributed by atoms with Gasteiger partial charge >= 0.3 is 0 Å². The highest BCUT2D eigenvalue weighted by molar-refractivity contribution is 6.36. The molecule has 0 fully saturated rings. The molecular weight excluding hydrogens is 558 g/mol. The predicted molar refractivity (Wildman–Crippen MR) is 151 cm³/mol. The molecule has 0 aliphatic heterocycles. The Balaban J connectivity index is 1.44. The van der Waals surface area contributed by atoms with Crippen LogP contribution >= 0.6 is 46.4 Å². The van der Waals surface area contributed by atoms with Crippen LogP contribution in [0.5, 0.6) is 11.5 Å². The third kappa shape index (κ3) is 9.63. The molecule has 0 aliphatic rings. The van der Waals surface area contributed by atoms with Crippen LogP contribution in [0.4, 0.5) is 11.4 Å². The average molecular weight is 584 g/mol. The van der Waals surface area contributed by atoms with Crippen LogP contribution in [-0.2, 0) is 9.59 Å². The van der Waals surface area contributed by atoms with E-state index < -0.39 is 0 Å². The molecule has 0 unspecified atom stereocenters. The molecule has 6 nitrogen and oxygen atoms in total. The van der Waals surface area contributed by atoms with Gasteiger partial charge in [0.25, 0.3) is 0 Å². The fourth-order valence-corrected chi connectivity index (χ4v) is 4.24. The van der Waals surface area contributed by atoms with E-state index >= 15 is 0 Å². The Morgan fingerprint density at radius 3 is 1.65 bits per heavy atom. The summed E-state index contributed by atoms with van der Waals surface area (Å²) in [5.41, 5.74) is 2.00. The van der Waals surface area contributed by atoms with Gasteiger partial charge in [0, 0.05) is 22.9 Å². The van der Waals surface area contributed by atoms with Crippen LogP contribution in [0.15, 0.2) is 54.6 Å². The minimum Gasteiger partial charge on any atom is -0.492 e. The summed E-state index contributed by atoms with van der Waals surface area (Å²) in [7, 11) is 0. The predicted octanol–water partition coefficient (Wildman–Crippen LogP) is 8.20. The standard InChI is InChI=1S/C27H26Cl4N2O4/c1-17-6-9-22(32-26(34)4-2-12-36-24-10-7-18(28)15-20(24)30)23(14-17)33-27(35)5-3-13-37-25-11-8-19(29)16-21(25)31/h6-11,14-16H,2-5,12-13H2,1H3,(H,32,34)(H,33,35). The molecule has 0 radical (unpaired) electrons. The van der Waals surface area contributed by atoms with Gasteiger partial charge in [-0.3, -0.25) is 9.59 Å². The molecule has 10 heteroatoms. The molecule has 0 spiro atoms. The number of rotatable bonds is 12. The van der Waals surface area contributed by atoms with E-state index in [1.54, 1.807) is 42.5 Å². The van der Waals surface area contributed by atoms with Crippen LogP contribution in [0.1, 0.15) is 31.2 Å². The number of ether oxygens (including phenoxy) is 2. The zero-order valence-corrected chi connectivity index (χ0v) is 23.1. The molecule has 0 atom stereocenters. The van der Waals surface area contributed by atoms with Gasteiger partial charge in [0.15, 0.2) is 0 Å². The summed E-state index contributed by atoms with van der Waals surface area (Å²) in [6.07, 6.45) is 1.43. The van der Waals surface area contributed by atoms with Gasteiger partial charge in [0.1, 0.15) is 11.5 Å². The molecule has 0 saturated heterocycles. The van der Waals surface area contributed by atoms with Gasteiger partial charge in [-0.1, -0.05) is 52.5 Å². The summed E-state index contributed by atoms with van der Waals surface area (Å²) in [6, 6.07) is 15.4. The van der Waals surface area contributed by atoms with Crippen LogP contribution in [0, 0.1) is 6.92 Å². The summed E-state index contributed by atoms with van der Waals surface area (Å²) in [5, 5.41) is 7.60. The molecule has 37 heavy (non-hydrogen) atoms. The number of carbonyl (C=O) groups is 2. The number of halogens is 4.